The second-order valence-corrected chi connectivity index (χ2v) is 6.23. The van der Waals surface area contributed by atoms with Crippen LogP contribution in [0.5, 0.6) is 0 Å². The van der Waals surface area contributed by atoms with Gasteiger partial charge in [-0.2, -0.15) is 0 Å². The van der Waals surface area contributed by atoms with Crippen molar-refractivity contribution in [2.75, 3.05) is 13.1 Å². The maximum atomic E-state index is 6.03. The van der Waals surface area contributed by atoms with E-state index in [1.54, 1.807) is 11.3 Å². The van der Waals surface area contributed by atoms with Crippen molar-refractivity contribution < 1.29 is 0 Å². The smallest absolute Gasteiger partial charge is 0.191 e. The van der Waals surface area contributed by atoms with Crippen molar-refractivity contribution in [3.63, 3.8) is 0 Å². The lowest BCUT2D eigenvalue weighted by Gasteiger charge is -2.30. The second-order valence-electron chi connectivity index (χ2n) is 4.86. The molecule has 3 nitrogen and oxygen atoms in total. The molecule has 0 bridgehead atoms. The third-order valence-corrected chi connectivity index (χ3v) is 4.29. The summed E-state index contributed by atoms with van der Waals surface area (Å²) in [7, 11) is 0. The van der Waals surface area contributed by atoms with Gasteiger partial charge in [-0.05, 0) is 37.8 Å². The molecule has 0 spiro atoms. The molecule has 0 aromatic carbocycles. The Labute approximate surface area is 107 Å². The summed E-state index contributed by atoms with van der Waals surface area (Å²) in [6.45, 7) is 7.25. The highest BCUT2D eigenvalue weighted by atomic mass is 32.1. The zero-order valence-electron chi connectivity index (χ0n) is 10.6. The topological polar surface area (TPSA) is 41.6 Å². The minimum absolute atomic E-state index is 0.711. The van der Waals surface area contributed by atoms with Gasteiger partial charge in [0.05, 0.1) is 6.54 Å². The standard InChI is InChI=1S/C13H21N3S/c1-10-5-7-16(8-6-10)13(14)15-9-12-4-3-11(2)17-12/h3-4,10H,5-9H2,1-2H3,(H2,14,15). The molecule has 1 aliphatic heterocycles. The van der Waals surface area contributed by atoms with Crippen LogP contribution in [0.3, 0.4) is 0 Å². The van der Waals surface area contributed by atoms with Crippen LogP contribution in [0, 0.1) is 12.8 Å². The molecule has 0 radical (unpaired) electrons. The maximum Gasteiger partial charge on any atom is 0.191 e. The Hall–Kier alpha value is -1.03. The summed E-state index contributed by atoms with van der Waals surface area (Å²) >= 11 is 1.80. The van der Waals surface area contributed by atoms with Gasteiger partial charge in [0.2, 0.25) is 0 Å². The molecule has 1 aliphatic rings. The molecule has 1 saturated heterocycles. The number of guanidine groups is 1. The molecule has 94 valence electrons. The lowest BCUT2D eigenvalue weighted by molar-refractivity contribution is 0.277. The second kappa shape index (κ2) is 5.54. The minimum atomic E-state index is 0.711. The van der Waals surface area contributed by atoms with Gasteiger partial charge >= 0.3 is 0 Å². The first-order valence-corrected chi connectivity index (χ1v) is 7.07. The Kier molecular flexibility index (Phi) is 4.05. The van der Waals surface area contributed by atoms with E-state index in [4.69, 9.17) is 5.73 Å². The molecule has 1 aromatic rings. The first kappa shape index (κ1) is 12.4. The van der Waals surface area contributed by atoms with E-state index in [9.17, 15) is 0 Å². The number of hydrogen-bond acceptors (Lipinski definition) is 2. The largest absolute Gasteiger partial charge is 0.370 e. The van der Waals surface area contributed by atoms with Gasteiger partial charge in [-0.15, -0.1) is 11.3 Å². The molecule has 0 aliphatic carbocycles. The summed E-state index contributed by atoms with van der Waals surface area (Å²) < 4.78 is 0. The van der Waals surface area contributed by atoms with E-state index in [0.29, 0.717) is 5.96 Å². The van der Waals surface area contributed by atoms with Crippen molar-refractivity contribution in [2.45, 2.75) is 33.2 Å². The molecule has 4 heteroatoms. The lowest BCUT2D eigenvalue weighted by atomic mass is 10.00. The summed E-state index contributed by atoms with van der Waals surface area (Å²) in [5.41, 5.74) is 6.03. The van der Waals surface area contributed by atoms with Gasteiger partial charge in [0.25, 0.3) is 0 Å². The van der Waals surface area contributed by atoms with E-state index in [-0.39, 0.29) is 0 Å². The Morgan fingerprint density at radius 1 is 1.47 bits per heavy atom. The maximum absolute atomic E-state index is 6.03. The number of aryl methyl sites for hydroxylation is 1. The SMILES string of the molecule is Cc1ccc(CN=C(N)N2CCC(C)CC2)s1. The van der Waals surface area contributed by atoms with E-state index in [1.807, 2.05) is 0 Å². The van der Waals surface area contributed by atoms with Crippen molar-refractivity contribution in [1.29, 1.82) is 0 Å². The number of rotatable bonds is 2. The number of nitrogens with two attached hydrogens (primary N) is 1. The van der Waals surface area contributed by atoms with Crippen LogP contribution in [0.15, 0.2) is 17.1 Å². The summed E-state index contributed by atoms with van der Waals surface area (Å²) in [6, 6.07) is 4.27. The number of nitrogens with zero attached hydrogens (tertiary/aromatic N) is 2. The normalized spacial score (nSPS) is 18.7. The van der Waals surface area contributed by atoms with Gasteiger partial charge in [0, 0.05) is 22.8 Å². The number of hydrogen-bond donors (Lipinski definition) is 1. The predicted molar refractivity (Wildman–Crippen MR) is 74.4 cm³/mol. The lowest BCUT2D eigenvalue weighted by Crippen LogP contribution is -2.42. The Morgan fingerprint density at radius 3 is 2.76 bits per heavy atom. The summed E-state index contributed by atoms with van der Waals surface area (Å²) in [6.07, 6.45) is 2.46. The monoisotopic (exact) mass is 251 g/mol. The number of aliphatic imine (C=N–C) groups is 1. The fraction of sp³-hybridized carbons (Fsp3) is 0.615. The van der Waals surface area contributed by atoms with E-state index in [2.05, 4.69) is 35.9 Å². The third-order valence-electron chi connectivity index (χ3n) is 3.30. The quantitative estimate of drug-likeness (QED) is 0.648. The average molecular weight is 251 g/mol. The highest BCUT2D eigenvalue weighted by molar-refractivity contribution is 7.11. The van der Waals surface area contributed by atoms with Gasteiger partial charge in [-0.25, -0.2) is 4.99 Å². The molecule has 2 N–H and O–H groups in total. The van der Waals surface area contributed by atoms with Gasteiger partial charge in [-0.3, -0.25) is 0 Å². The van der Waals surface area contributed by atoms with Crippen LogP contribution in [0.1, 0.15) is 29.5 Å². The molecule has 2 heterocycles. The van der Waals surface area contributed by atoms with E-state index in [0.717, 1.165) is 25.6 Å². The molecule has 1 fully saturated rings. The molecular formula is C13H21N3S. The van der Waals surface area contributed by atoms with Gasteiger partial charge in [0.15, 0.2) is 5.96 Å². The van der Waals surface area contributed by atoms with Crippen molar-refractivity contribution in [3.05, 3.63) is 21.9 Å². The molecule has 0 amide bonds. The molecule has 2 rings (SSSR count). The fourth-order valence-corrected chi connectivity index (χ4v) is 2.88. The van der Waals surface area contributed by atoms with Gasteiger partial charge in [-0.1, -0.05) is 6.92 Å². The molecule has 17 heavy (non-hydrogen) atoms. The highest BCUT2D eigenvalue weighted by Crippen LogP contribution is 2.17. The van der Waals surface area contributed by atoms with E-state index >= 15 is 0 Å². The van der Waals surface area contributed by atoms with Crippen LogP contribution in [-0.4, -0.2) is 23.9 Å². The van der Waals surface area contributed by atoms with Crippen LogP contribution in [-0.2, 0) is 6.54 Å². The summed E-state index contributed by atoms with van der Waals surface area (Å²) in [5, 5.41) is 0. The Bertz CT molecular complexity index is 389. The van der Waals surface area contributed by atoms with Gasteiger partial charge in [0.1, 0.15) is 0 Å². The first-order chi connectivity index (χ1) is 8.15. The van der Waals surface area contributed by atoms with Crippen molar-refractivity contribution in [2.24, 2.45) is 16.6 Å². The highest BCUT2D eigenvalue weighted by Gasteiger charge is 2.16. The van der Waals surface area contributed by atoms with Crippen LogP contribution >= 0.6 is 11.3 Å². The molecule has 1 aromatic heterocycles. The van der Waals surface area contributed by atoms with Crippen LogP contribution in [0.25, 0.3) is 0 Å². The number of thiophene rings is 1. The summed E-state index contributed by atoms with van der Waals surface area (Å²) in [4.78, 5) is 9.32. The average Bonchev–Trinajstić information content (AvgIpc) is 2.73. The van der Waals surface area contributed by atoms with E-state index < -0.39 is 0 Å². The molecular weight excluding hydrogens is 230 g/mol. The Morgan fingerprint density at radius 2 is 2.18 bits per heavy atom. The zero-order valence-corrected chi connectivity index (χ0v) is 11.5. The molecule has 0 saturated carbocycles. The third kappa shape index (κ3) is 3.46. The van der Waals surface area contributed by atoms with Crippen LogP contribution in [0.4, 0.5) is 0 Å². The zero-order chi connectivity index (χ0) is 12.3. The van der Waals surface area contributed by atoms with E-state index in [1.165, 1.54) is 22.6 Å². The van der Waals surface area contributed by atoms with Crippen molar-refractivity contribution >= 4 is 17.3 Å². The van der Waals surface area contributed by atoms with Crippen molar-refractivity contribution in [1.82, 2.24) is 4.90 Å². The van der Waals surface area contributed by atoms with Crippen molar-refractivity contribution in [3.8, 4) is 0 Å². The molecule has 0 unspecified atom stereocenters. The van der Waals surface area contributed by atoms with Crippen LogP contribution in [0.2, 0.25) is 0 Å². The molecule has 0 atom stereocenters. The van der Waals surface area contributed by atoms with Crippen LogP contribution < -0.4 is 5.73 Å². The number of likely N-dealkylation sites (tertiary alicyclic amines) is 1. The fourth-order valence-electron chi connectivity index (χ4n) is 2.07. The first-order valence-electron chi connectivity index (χ1n) is 6.25. The predicted octanol–water partition coefficient (Wildman–Crippen LogP) is 2.60. The summed E-state index contributed by atoms with van der Waals surface area (Å²) in [5.74, 6) is 1.54. The Balaban J connectivity index is 1.88. The minimum Gasteiger partial charge on any atom is -0.370 e. The number of piperidine rings is 1. The van der Waals surface area contributed by atoms with Gasteiger partial charge < -0.3 is 10.6 Å².